The van der Waals surface area contributed by atoms with E-state index in [1.807, 2.05) is 19.9 Å². The molecular weight excluding hydrogens is 315 g/mol. The van der Waals surface area contributed by atoms with Gasteiger partial charge in [0.15, 0.2) is 10.3 Å². The smallest absolute Gasteiger partial charge is 0.197 e. The second-order valence-electron chi connectivity index (χ2n) is 4.03. The number of benzene rings is 1. The van der Waals surface area contributed by atoms with Crippen molar-refractivity contribution in [2.45, 2.75) is 13.8 Å². The molecule has 0 unspecified atom stereocenters. The van der Waals surface area contributed by atoms with Crippen LogP contribution in [0.25, 0.3) is 0 Å². The van der Waals surface area contributed by atoms with Crippen molar-refractivity contribution in [3.63, 3.8) is 0 Å². The second kappa shape index (κ2) is 7.02. The minimum absolute atomic E-state index is 0.514. The fourth-order valence-electron chi connectivity index (χ4n) is 1.46. The van der Waals surface area contributed by atoms with Crippen LogP contribution in [0, 0.1) is 0 Å². The molecule has 0 atom stereocenters. The van der Waals surface area contributed by atoms with E-state index < -0.39 is 0 Å². The first-order valence-electron chi connectivity index (χ1n) is 6.05. The van der Waals surface area contributed by atoms with Gasteiger partial charge >= 0.3 is 0 Å². The predicted octanol–water partition coefficient (Wildman–Crippen LogP) is 4.33. The number of allylic oxidation sites excluding steroid dienone is 1. The van der Waals surface area contributed by atoms with Crippen LogP contribution >= 0.6 is 35.0 Å². The van der Waals surface area contributed by atoms with Gasteiger partial charge in [0.2, 0.25) is 0 Å². The molecule has 1 aromatic rings. The Kier molecular flexibility index (Phi) is 5.34. The molecule has 0 saturated heterocycles. The minimum atomic E-state index is 0.514. The van der Waals surface area contributed by atoms with Crippen LogP contribution in [0.3, 0.4) is 0 Å². The van der Waals surface area contributed by atoms with Crippen LogP contribution in [0.15, 0.2) is 40.1 Å². The van der Waals surface area contributed by atoms with Crippen LogP contribution in [-0.4, -0.2) is 16.9 Å². The zero-order valence-electron chi connectivity index (χ0n) is 11.1. The van der Waals surface area contributed by atoms with Crippen LogP contribution in [-0.2, 0) is 0 Å². The van der Waals surface area contributed by atoms with Crippen LogP contribution in [0.1, 0.15) is 13.8 Å². The van der Waals surface area contributed by atoms with Gasteiger partial charge in [-0.15, -0.1) is 0 Å². The Morgan fingerprint density at radius 2 is 2.15 bits per heavy atom. The number of hydrogen-bond acceptors (Lipinski definition) is 4. The van der Waals surface area contributed by atoms with Crippen molar-refractivity contribution in [3.05, 3.63) is 40.1 Å². The lowest BCUT2D eigenvalue weighted by Gasteiger charge is -2.16. The summed E-state index contributed by atoms with van der Waals surface area (Å²) in [4.78, 5) is 8.52. The third kappa shape index (κ3) is 4.16. The number of anilines is 1. The summed E-state index contributed by atoms with van der Waals surface area (Å²) in [5.41, 5.74) is 1.87. The predicted molar refractivity (Wildman–Crippen MR) is 90.0 cm³/mol. The lowest BCUT2D eigenvalue weighted by Crippen LogP contribution is -2.19. The molecule has 1 aliphatic rings. The highest BCUT2D eigenvalue weighted by atomic mass is 35.5. The number of nitrogens with zero attached hydrogens (tertiary/aromatic N) is 2. The zero-order chi connectivity index (χ0) is 14.5. The second-order valence-corrected chi connectivity index (χ2v) is 5.80. The van der Waals surface area contributed by atoms with Crippen molar-refractivity contribution >= 4 is 51.0 Å². The van der Waals surface area contributed by atoms with E-state index in [1.54, 1.807) is 18.3 Å². The van der Waals surface area contributed by atoms with E-state index in [9.17, 15) is 0 Å². The molecule has 0 saturated carbocycles. The van der Waals surface area contributed by atoms with E-state index in [0.717, 1.165) is 28.3 Å². The van der Waals surface area contributed by atoms with E-state index in [-0.39, 0.29) is 0 Å². The van der Waals surface area contributed by atoms with Gasteiger partial charge < -0.3 is 10.6 Å². The van der Waals surface area contributed by atoms with Crippen molar-refractivity contribution in [1.29, 1.82) is 0 Å². The number of nitrogens with one attached hydrogen (secondary N) is 2. The van der Waals surface area contributed by atoms with Gasteiger partial charge in [-0.25, -0.2) is 4.99 Å². The fraction of sp³-hybridized carbons (Fsp3) is 0.231. The normalized spacial score (nSPS) is 16.7. The highest BCUT2D eigenvalue weighted by Crippen LogP contribution is 2.27. The number of rotatable bonds is 4. The van der Waals surface area contributed by atoms with Gasteiger partial charge in [-0.3, -0.25) is 0 Å². The number of halogens is 2. The fourth-order valence-corrected chi connectivity index (χ4v) is 2.34. The largest absolute Gasteiger partial charge is 0.388 e. The summed E-state index contributed by atoms with van der Waals surface area (Å²) >= 11 is 13.3. The molecular formula is C13H14Cl2N4S. The summed E-state index contributed by atoms with van der Waals surface area (Å²) in [5.74, 6) is 0. The van der Waals surface area contributed by atoms with Gasteiger partial charge in [0, 0.05) is 24.1 Å². The molecule has 4 nitrogen and oxygen atoms in total. The molecule has 106 valence electrons. The van der Waals surface area contributed by atoms with E-state index in [0.29, 0.717) is 10.0 Å². The number of thioether (sulfide) groups is 1. The third-order valence-electron chi connectivity index (χ3n) is 2.38. The van der Waals surface area contributed by atoms with E-state index >= 15 is 0 Å². The highest BCUT2D eigenvalue weighted by molar-refractivity contribution is 8.29. The molecule has 1 heterocycles. The molecule has 1 aliphatic heterocycles. The van der Waals surface area contributed by atoms with Crippen molar-refractivity contribution < 1.29 is 0 Å². The van der Waals surface area contributed by atoms with Gasteiger partial charge in [0.25, 0.3) is 0 Å². The standard InChI is InChI=1S/C13H14Cl2N4S/c1-3-16-8(2)7-17-12-19-13(20-12)18-9-4-5-10(14)11(15)6-9/h4-7,16H,3H2,1-2H3,(H,17,18,19). The molecule has 0 fully saturated rings. The summed E-state index contributed by atoms with van der Waals surface area (Å²) < 4.78 is 0. The molecule has 20 heavy (non-hydrogen) atoms. The van der Waals surface area contributed by atoms with Gasteiger partial charge in [-0.05, 0) is 43.8 Å². The van der Waals surface area contributed by atoms with Crippen molar-refractivity contribution in [2.75, 3.05) is 11.9 Å². The molecule has 0 spiro atoms. The lowest BCUT2D eigenvalue weighted by atomic mass is 10.3. The molecule has 0 amide bonds. The Morgan fingerprint density at radius 3 is 2.80 bits per heavy atom. The van der Waals surface area contributed by atoms with Crippen LogP contribution in [0.2, 0.25) is 10.0 Å². The van der Waals surface area contributed by atoms with Crippen molar-refractivity contribution in [3.8, 4) is 0 Å². The molecule has 2 rings (SSSR count). The summed E-state index contributed by atoms with van der Waals surface area (Å²) in [6.07, 6.45) is 1.77. The minimum Gasteiger partial charge on any atom is -0.388 e. The lowest BCUT2D eigenvalue weighted by molar-refractivity contribution is 0.850. The summed E-state index contributed by atoms with van der Waals surface area (Å²) in [6, 6.07) is 5.35. The molecule has 0 radical (unpaired) electrons. The average molecular weight is 329 g/mol. The van der Waals surface area contributed by atoms with Gasteiger partial charge in [-0.1, -0.05) is 23.2 Å². The van der Waals surface area contributed by atoms with E-state index in [1.165, 1.54) is 11.8 Å². The SMILES string of the molecule is CCNC(C)=CN=C1N=C(Nc2ccc(Cl)c(Cl)c2)S1. The van der Waals surface area contributed by atoms with Crippen molar-refractivity contribution in [1.82, 2.24) is 5.32 Å². The molecule has 1 aromatic carbocycles. The Balaban J connectivity index is 1.94. The van der Waals surface area contributed by atoms with Crippen LogP contribution in [0.4, 0.5) is 5.69 Å². The zero-order valence-corrected chi connectivity index (χ0v) is 13.4. The van der Waals surface area contributed by atoms with Crippen molar-refractivity contribution in [2.24, 2.45) is 9.98 Å². The number of hydrogen-bond donors (Lipinski definition) is 2. The highest BCUT2D eigenvalue weighted by Gasteiger charge is 2.17. The van der Waals surface area contributed by atoms with Gasteiger partial charge in [0.05, 0.1) is 10.0 Å². The topological polar surface area (TPSA) is 48.8 Å². The molecule has 0 bridgehead atoms. The average Bonchev–Trinajstić information content (AvgIpc) is 2.36. The maximum Gasteiger partial charge on any atom is 0.197 e. The first-order chi connectivity index (χ1) is 9.58. The molecule has 0 aliphatic carbocycles. The quantitative estimate of drug-likeness (QED) is 0.864. The van der Waals surface area contributed by atoms with E-state index in [4.69, 9.17) is 23.2 Å². The molecule has 7 heteroatoms. The summed E-state index contributed by atoms with van der Waals surface area (Å²) in [6.45, 7) is 4.89. The number of aliphatic imine (C=N–C) groups is 2. The third-order valence-corrected chi connectivity index (χ3v) is 3.89. The monoisotopic (exact) mass is 328 g/mol. The van der Waals surface area contributed by atoms with Gasteiger partial charge in [0.1, 0.15) is 0 Å². The van der Waals surface area contributed by atoms with E-state index in [2.05, 4.69) is 20.6 Å². The summed E-state index contributed by atoms with van der Waals surface area (Å²) in [5, 5.41) is 8.87. The van der Waals surface area contributed by atoms with Crippen LogP contribution in [0.5, 0.6) is 0 Å². The number of amidine groups is 2. The first-order valence-corrected chi connectivity index (χ1v) is 7.63. The Labute approximate surface area is 132 Å². The maximum atomic E-state index is 5.94. The summed E-state index contributed by atoms with van der Waals surface area (Å²) in [7, 11) is 0. The van der Waals surface area contributed by atoms with Crippen LogP contribution < -0.4 is 10.6 Å². The maximum absolute atomic E-state index is 5.94. The molecule has 2 N–H and O–H groups in total. The Hall–Kier alpha value is -1.17. The Bertz CT molecular complexity index is 596. The van der Waals surface area contributed by atoms with Gasteiger partial charge in [-0.2, -0.15) is 4.99 Å². The Morgan fingerprint density at radius 1 is 1.40 bits per heavy atom. The first kappa shape index (κ1) is 15.2. The molecule has 0 aromatic heterocycles.